The maximum absolute atomic E-state index is 4.72. The Morgan fingerprint density at radius 3 is 0.793 bits per heavy atom. The fourth-order valence-electron chi connectivity index (χ4n) is 2.93. The van der Waals surface area contributed by atoms with Crippen molar-refractivity contribution in [3.8, 4) is 24.2 Å². The molecule has 0 heteroatoms. The van der Waals surface area contributed by atoms with Crippen LogP contribution in [0.15, 0.2) is 72.8 Å². The number of rotatable bonds is 0. The minimum Gasteiger partial charge on any atom is -0.106 e. The lowest BCUT2D eigenvalue weighted by Gasteiger charge is -2.09. The van der Waals surface area contributed by atoms with E-state index < -0.39 is 0 Å². The minimum atomic E-state index is 1.34. The SMILES string of the molecule is C#CC#CC.CC.CC.CC.c1ccc2c(c1)c1ccccc1c1ccccc21. The quantitative estimate of drug-likeness (QED) is 0.210. The van der Waals surface area contributed by atoms with Crippen LogP contribution in [0.25, 0.3) is 32.3 Å². The smallest absolute Gasteiger partial charge is 0.00168 e. The maximum atomic E-state index is 4.72. The van der Waals surface area contributed by atoms with Crippen molar-refractivity contribution in [1.29, 1.82) is 0 Å². The van der Waals surface area contributed by atoms with E-state index in [1.165, 1.54) is 32.3 Å². The summed E-state index contributed by atoms with van der Waals surface area (Å²) in [7, 11) is 0. The highest BCUT2D eigenvalue weighted by molar-refractivity contribution is 6.25. The number of benzene rings is 4. The van der Waals surface area contributed by atoms with Crippen molar-refractivity contribution in [3.63, 3.8) is 0 Å². The zero-order valence-electron chi connectivity index (χ0n) is 19.0. The first kappa shape index (κ1) is 25.8. The van der Waals surface area contributed by atoms with Crippen LogP contribution in [0.3, 0.4) is 0 Å². The molecule has 0 aliphatic heterocycles. The molecular weight excluding hydrogens is 348 g/mol. The van der Waals surface area contributed by atoms with Crippen molar-refractivity contribution in [1.82, 2.24) is 0 Å². The molecular formula is C29H34. The van der Waals surface area contributed by atoms with Gasteiger partial charge in [0.25, 0.3) is 0 Å². The summed E-state index contributed by atoms with van der Waals surface area (Å²) in [6.45, 7) is 13.7. The van der Waals surface area contributed by atoms with E-state index in [9.17, 15) is 0 Å². The molecule has 0 nitrogen and oxygen atoms in total. The second-order valence-electron chi connectivity index (χ2n) is 5.16. The second-order valence-corrected chi connectivity index (χ2v) is 5.16. The van der Waals surface area contributed by atoms with Crippen LogP contribution in [-0.2, 0) is 0 Å². The molecule has 0 bridgehead atoms. The standard InChI is InChI=1S/C18H12.C5H4.3C2H6/c1-2-8-14-13(7-1)15-9-3-4-11-17(15)18-12-6-5-10-16(14)18;1-3-5-4-2;3*1-2/h1-12H;1H,2H3;3*1-2H3. The van der Waals surface area contributed by atoms with Crippen molar-refractivity contribution >= 4 is 32.3 Å². The molecule has 0 aliphatic rings. The summed E-state index contributed by atoms with van der Waals surface area (Å²) in [6.07, 6.45) is 4.72. The van der Waals surface area contributed by atoms with E-state index in [0.717, 1.165) is 0 Å². The van der Waals surface area contributed by atoms with Crippen molar-refractivity contribution in [2.24, 2.45) is 0 Å². The van der Waals surface area contributed by atoms with E-state index in [4.69, 9.17) is 6.42 Å². The summed E-state index contributed by atoms with van der Waals surface area (Å²) in [5, 5.41) is 8.04. The molecule has 0 spiro atoms. The van der Waals surface area contributed by atoms with Gasteiger partial charge in [0, 0.05) is 0 Å². The molecule has 0 aliphatic carbocycles. The van der Waals surface area contributed by atoms with E-state index in [2.05, 4.69) is 90.6 Å². The molecule has 150 valence electrons. The van der Waals surface area contributed by atoms with Crippen molar-refractivity contribution in [2.75, 3.05) is 0 Å². The average molecular weight is 383 g/mol. The first-order valence-corrected chi connectivity index (χ1v) is 10.5. The molecule has 4 aromatic rings. The van der Waals surface area contributed by atoms with Crippen LogP contribution in [0, 0.1) is 24.2 Å². The summed E-state index contributed by atoms with van der Waals surface area (Å²) >= 11 is 0. The molecule has 0 saturated carbocycles. The van der Waals surface area contributed by atoms with E-state index >= 15 is 0 Å². The molecule has 0 unspecified atom stereocenters. The summed E-state index contributed by atoms with van der Waals surface area (Å²) in [6, 6.07) is 26.0. The minimum absolute atomic E-state index is 1.34. The van der Waals surface area contributed by atoms with Gasteiger partial charge in [-0.25, -0.2) is 0 Å². The zero-order chi connectivity index (χ0) is 22.1. The maximum Gasteiger partial charge on any atom is -0.00168 e. The predicted octanol–water partition coefficient (Wildman–Crippen LogP) is 8.87. The first-order chi connectivity index (χ1) is 14.4. The molecule has 0 radical (unpaired) electrons. The number of fused-ring (bicyclic) bond motifs is 6. The van der Waals surface area contributed by atoms with E-state index in [-0.39, 0.29) is 0 Å². The van der Waals surface area contributed by atoms with Gasteiger partial charge in [0.2, 0.25) is 0 Å². The van der Waals surface area contributed by atoms with Gasteiger partial charge >= 0.3 is 0 Å². The Labute approximate surface area is 178 Å². The van der Waals surface area contributed by atoms with Gasteiger partial charge in [-0.05, 0) is 51.1 Å². The van der Waals surface area contributed by atoms with Crippen LogP contribution < -0.4 is 0 Å². The summed E-state index contributed by atoms with van der Waals surface area (Å²) in [4.78, 5) is 0. The average Bonchev–Trinajstić information content (AvgIpc) is 2.84. The first-order valence-electron chi connectivity index (χ1n) is 10.5. The molecule has 4 aromatic carbocycles. The lowest BCUT2D eigenvalue weighted by Crippen LogP contribution is -1.81. The zero-order valence-corrected chi connectivity index (χ0v) is 19.0. The van der Waals surface area contributed by atoms with Crippen LogP contribution in [0.2, 0.25) is 0 Å². The van der Waals surface area contributed by atoms with Crippen molar-refractivity contribution in [3.05, 3.63) is 72.8 Å². The van der Waals surface area contributed by atoms with E-state index in [1.807, 2.05) is 41.5 Å². The van der Waals surface area contributed by atoms with Crippen LogP contribution >= 0.6 is 0 Å². The Morgan fingerprint density at radius 2 is 0.690 bits per heavy atom. The fraction of sp³-hybridized carbons (Fsp3) is 0.241. The van der Waals surface area contributed by atoms with E-state index in [1.54, 1.807) is 6.92 Å². The molecule has 0 N–H and O–H groups in total. The molecule has 0 fully saturated rings. The largest absolute Gasteiger partial charge is 0.106 e. The van der Waals surface area contributed by atoms with E-state index in [0.29, 0.717) is 0 Å². The van der Waals surface area contributed by atoms with Crippen molar-refractivity contribution < 1.29 is 0 Å². The Kier molecular flexibility index (Phi) is 14.0. The summed E-state index contributed by atoms with van der Waals surface area (Å²) in [5.41, 5.74) is 0. The molecule has 4 rings (SSSR count). The van der Waals surface area contributed by atoms with Crippen LogP contribution in [-0.4, -0.2) is 0 Å². The van der Waals surface area contributed by atoms with Gasteiger partial charge in [-0.1, -0.05) is 120 Å². The number of terminal acetylenes is 1. The van der Waals surface area contributed by atoms with Gasteiger partial charge in [-0.2, -0.15) is 0 Å². The number of hydrogen-bond donors (Lipinski definition) is 0. The monoisotopic (exact) mass is 382 g/mol. The lowest BCUT2D eigenvalue weighted by molar-refractivity contribution is 1.50. The van der Waals surface area contributed by atoms with Crippen LogP contribution in [0.5, 0.6) is 0 Å². The Bertz CT molecular complexity index is 862. The summed E-state index contributed by atoms with van der Waals surface area (Å²) < 4.78 is 0. The molecule has 29 heavy (non-hydrogen) atoms. The van der Waals surface area contributed by atoms with Crippen LogP contribution in [0.4, 0.5) is 0 Å². The Hall–Kier alpha value is -3.22. The predicted molar refractivity (Wildman–Crippen MR) is 135 cm³/mol. The highest BCUT2D eigenvalue weighted by Gasteiger charge is 2.06. The van der Waals surface area contributed by atoms with Gasteiger partial charge in [-0.15, -0.1) is 6.42 Å². The van der Waals surface area contributed by atoms with Crippen molar-refractivity contribution in [2.45, 2.75) is 48.5 Å². The highest BCUT2D eigenvalue weighted by atomic mass is 14.1. The van der Waals surface area contributed by atoms with Crippen LogP contribution in [0.1, 0.15) is 48.5 Å². The van der Waals surface area contributed by atoms with Gasteiger partial charge < -0.3 is 0 Å². The molecule has 0 saturated heterocycles. The fourth-order valence-corrected chi connectivity index (χ4v) is 2.93. The molecule has 0 aromatic heterocycles. The summed E-state index contributed by atoms with van der Waals surface area (Å²) in [5.74, 6) is 7.08. The van der Waals surface area contributed by atoms with Gasteiger partial charge in [-0.3, -0.25) is 0 Å². The third-order valence-electron chi connectivity index (χ3n) is 3.85. The topological polar surface area (TPSA) is 0 Å². The molecule has 0 amide bonds. The highest BCUT2D eigenvalue weighted by Crippen LogP contribution is 2.34. The van der Waals surface area contributed by atoms with Gasteiger partial charge in [0.05, 0.1) is 0 Å². The lowest BCUT2D eigenvalue weighted by atomic mass is 9.95. The third kappa shape index (κ3) is 6.71. The molecule has 0 heterocycles. The Balaban J connectivity index is 0.000000612. The van der Waals surface area contributed by atoms with Gasteiger partial charge in [0.15, 0.2) is 0 Å². The molecule has 0 atom stereocenters. The number of hydrogen-bond acceptors (Lipinski definition) is 0. The Morgan fingerprint density at radius 1 is 0.483 bits per heavy atom. The normalized spacial score (nSPS) is 8.21. The second kappa shape index (κ2) is 15.8. The van der Waals surface area contributed by atoms with Gasteiger partial charge in [0.1, 0.15) is 0 Å². The third-order valence-corrected chi connectivity index (χ3v) is 3.85.